The maximum atomic E-state index is 8.29. The lowest BCUT2D eigenvalue weighted by Crippen LogP contribution is -2.54. The van der Waals surface area contributed by atoms with Gasteiger partial charge in [-0.25, -0.2) is 0 Å². The van der Waals surface area contributed by atoms with Crippen LogP contribution in [0.3, 0.4) is 0 Å². The molecule has 16 heavy (non-hydrogen) atoms. The molecule has 1 heterocycles. The van der Waals surface area contributed by atoms with Crippen molar-refractivity contribution < 1.29 is 4.74 Å². The number of ether oxygens (including phenoxy) is 1. The average Bonchev–Trinajstić information content (AvgIpc) is 2.29. The second-order valence-electron chi connectivity index (χ2n) is 4.66. The van der Waals surface area contributed by atoms with Crippen LogP contribution in [0.2, 0.25) is 0 Å². The van der Waals surface area contributed by atoms with E-state index in [4.69, 9.17) is 10.1 Å². The van der Waals surface area contributed by atoms with Gasteiger partial charge >= 0.3 is 0 Å². The molecular weight excluding hydrogens is 202 g/mol. The SMILES string of the molecule is CCOC(C)(CC)C(=N)N1CCN(C)CC1. The van der Waals surface area contributed by atoms with Crippen LogP contribution >= 0.6 is 0 Å². The molecule has 0 radical (unpaired) electrons. The number of hydrogen-bond acceptors (Lipinski definition) is 3. The standard InChI is InChI=1S/C12H25N3O/c1-5-12(3,16-6-2)11(13)15-9-7-14(4)8-10-15/h13H,5-10H2,1-4H3. The van der Waals surface area contributed by atoms with Crippen molar-refractivity contribution in [3.63, 3.8) is 0 Å². The highest BCUT2D eigenvalue weighted by Gasteiger charge is 2.33. The van der Waals surface area contributed by atoms with E-state index in [0.29, 0.717) is 12.4 Å². The van der Waals surface area contributed by atoms with Gasteiger partial charge in [-0.3, -0.25) is 5.41 Å². The minimum atomic E-state index is -0.412. The lowest BCUT2D eigenvalue weighted by atomic mass is 10.00. The van der Waals surface area contributed by atoms with E-state index in [1.165, 1.54) is 0 Å². The van der Waals surface area contributed by atoms with Crippen molar-refractivity contribution in [3.8, 4) is 0 Å². The normalized spacial score (nSPS) is 21.9. The Hall–Kier alpha value is -0.610. The van der Waals surface area contributed by atoms with Crippen LogP contribution in [0.5, 0.6) is 0 Å². The fraction of sp³-hybridized carbons (Fsp3) is 0.917. The molecule has 1 N–H and O–H groups in total. The van der Waals surface area contributed by atoms with Crippen molar-refractivity contribution >= 4 is 5.84 Å². The van der Waals surface area contributed by atoms with E-state index >= 15 is 0 Å². The van der Waals surface area contributed by atoms with Crippen LogP contribution in [-0.4, -0.2) is 61.1 Å². The Kier molecular flexibility index (Phi) is 4.74. The summed E-state index contributed by atoms with van der Waals surface area (Å²) in [5.41, 5.74) is -0.412. The Balaban J connectivity index is 2.61. The van der Waals surface area contributed by atoms with Crippen molar-refractivity contribution in [2.75, 3.05) is 39.8 Å². The summed E-state index contributed by atoms with van der Waals surface area (Å²) in [7, 11) is 2.13. The molecule has 1 fully saturated rings. The molecule has 0 saturated carbocycles. The third kappa shape index (κ3) is 2.95. The molecule has 1 rings (SSSR count). The monoisotopic (exact) mass is 227 g/mol. The maximum absolute atomic E-state index is 8.29. The van der Waals surface area contributed by atoms with Gasteiger partial charge in [0.25, 0.3) is 0 Å². The Bertz CT molecular complexity index is 236. The summed E-state index contributed by atoms with van der Waals surface area (Å²) < 4.78 is 5.74. The molecule has 1 unspecified atom stereocenters. The highest BCUT2D eigenvalue weighted by Crippen LogP contribution is 2.20. The van der Waals surface area contributed by atoms with Crippen LogP contribution in [0.4, 0.5) is 0 Å². The Morgan fingerprint density at radius 1 is 1.25 bits per heavy atom. The predicted molar refractivity (Wildman–Crippen MR) is 67.1 cm³/mol. The first kappa shape index (κ1) is 13.5. The van der Waals surface area contributed by atoms with Crippen LogP contribution < -0.4 is 0 Å². The molecule has 0 amide bonds. The second-order valence-corrected chi connectivity index (χ2v) is 4.66. The molecule has 4 heteroatoms. The Morgan fingerprint density at radius 2 is 1.81 bits per heavy atom. The number of hydrogen-bond donors (Lipinski definition) is 1. The molecule has 1 aliphatic heterocycles. The van der Waals surface area contributed by atoms with Gasteiger partial charge in [0, 0.05) is 32.8 Å². The number of nitrogens with one attached hydrogen (secondary N) is 1. The van der Waals surface area contributed by atoms with Crippen molar-refractivity contribution in [1.82, 2.24) is 9.80 Å². The predicted octanol–water partition coefficient (Wildman–Crippen LogP) is 1.42. The first-order valence-electron chi connectivity index (χ1n) is 6.20. The smallest absolute Gasteiger partial charge is 0.129 e. The van der Waals surface area contributed by atoms with E-state index in [1.807, 2.05) is 13.8 Å². The van der Waals surface area contributed by atoms with Crippen molar-refractivity contribution in [1.29, 1.82) is 5.41 Å². The molecule has 4 nitrogen and oxygen atoms in total. The van der Waals surface area contributed by atoms with Gasteiger partial charge in [-0.1, -0.05) is 6.92 Å². The first-order chi connectivity index (χ1) is 7.53. The molecule has 0 aromatic carbocycles. The quantitative estimate of drug-likeness (QED) is 0.583. The van der Waals surface area contributed by atoms with Gasteiger partial charge in [0.1, 0.15) is 11.4 Å². The van der Waals surface area contributed by atoms with Gasteiger partial charge in [0.2, 0.25) is 0 Å². The molecular formula is C12H25N3O. The van der Waals surface area contributed by atoms with Gasteiger partial charge in [-0.2, -0.15) is 0 Å². The first-order valence-corrected chi connectivity index (χ1v) is 6.20. The number of rotatable bonds is 4. The molecule has 94 valence electrons. The molecule has 1 atom stereocenters. The highest BCUT2D eigenvalue weighted by molar-refractivity contribution is 5.87. The molecule has 0 spiro atoms. The van der Waals surface area contributed by atoms with Crippen molar-refractivity contribution in [2.45, 2.75) is 32.8 Å². The van der Waals surface area contributed by atoms with Gasteiger partial charge in [0.15, 0.2) is 0 Å². The zero-order valence-electron chi connectivity index (χ0n) is 11.0. The summed E-state index contributed by atoms with van der Waals surface area (Å²) >= 11 is 0. The highest BCUT2D eigenvalue weighted by atomic mass is 16.5. The van der Waals surface area contributed by atoms with E-state index in [1.54, 1.807) is 0 Å². The lowest BCUT2D eigenvalue weighted by Gasteiger charge is -2.40. The summed E-state index contributed by atoms with van der Waals surface area (Å²) in [4.78, 5) is 4.45. The maximum Gasteiger partial charge on any atom is 0.129 e. The van der Waals surface area contributed by atoms with Crippen LogP contribution in [0, 0.1) is 5.41 Å². The Morgan fingerprint density at radius 3 is 2.25 bits per heavy atom. The second kappa shape index (κ2) is 5.64. The summed E-state index contributed by atoms with van der Waals surface area (Å²) in [6.07, 6.45) is 0.853. The molecule has 0 aromatic rings. The number of piperazine rings is 1. The number of likely N-dealkylation sites (N-methyl/N-ethyl adjacent to an activating group) is 1. The summed E-state index contributed by atoms with van der Waals surface area (Å²) in [6, 6.07) is 0. The average molecular weight is 227 g/mol. The number of nitrogens with zero attached hydrogens (tertiary/aromatic N) is 2. The lowest BCUT2D eigenvalue weighted by molar-refractivity contribution is 0.0141. The molecule has 1 aliphatic rings. The van der Waals surface area contributed by atoms with Gasteiger partial charge in [-0.05, 0) is 27.3 Å². The van der Waals surface area contributed by atoms with E-state index in [0.717, 1.165) is 32.6 Å². The van der Waals surface area contributed by atoms with Crippen molar-refractivity contribution in [3.05, 3.63) is 0 Å². The molecule has 1 saturated heterocycles. The Labute approximate surface area is 99.1 Å². The van der Waals surface area contributed by atoms with E-state index in [9.17, 15) is 0 Å². The van der Waals surface area contributed by atoms with E-state index < -0.39 is 5.60 Å². The van der Waals surface area contributed by atoms with Crippen LogP contribution in [0.1, 0.15) is 27.2 Å². The third-order valence-electron chi connectivity index (χ3n) is 3.46. The zero-order chi connectivity index (χ0) is 12.2. The van der Waals surface area contributed by atoms with Crippen molar-refractivity contribution in [2.24, 2.45) is 0 Å². The van der Waals surface area contributed by atoms with Crippen LogP contribution in [0.15, 0.2) is 0 Å². The van der Waals surface area contributed by atoms with Gasteiger partial charge < -0.3 is 14.5 Å². The summed E-state index contributed by atoms with van der Waals surface area (Å²) in [5, 5.41) is 8.29. The molecule has 0 aliphatic carbocycles. The fourth-order valence-corrected chi connectivity index (χ4v) is 2.02. The van der Waals surface area contributed by atoms with Gasteiger partial charge in [-0.15, -0.1) is 0 Å². The summed E-state index contributed by atoms with van der Waals surface area (Å²) in [5.74, 6) is 0.643. The largest absolute Gasteiger partial charge is 0.368 e. The zero-order valence-corrected chi connectivity index (χ0v) is 11.0. The number of amidine groups is 1. The summed E-state index contributed by atoms with van der Waals surface area (Å²) in [6.45, 7) is 10.7. The molecule has 0 aromatic heterocycles. The topological polar surface area (TPSA) is 39.6 Å². The van der Waals surface area contributed by atoms with Gasteiger partial charge in [0.05, 0.1) is 0 Å². The minimum absolute atomic E-state index is 0.412. The third-order valence-corrected chi connectivity index (χ3v) is 3.46. The minimum Gasteiger partial charge on any atom is -0.368 e. The fourth-order valence-electron chi connectivity index (χ4n) is 2.02. The van der Waals surface area contributed by atoms with E-state index in [2.05, 4.69) is 23.8 Å². The van der Waals surface area contributed by atoms with E-state index in [-0.39, 0.29) is 0 Å². The molecule has 0 bridgehead atoms. The van der Waals surface area contributed by atoms with Crippen LogP contribution in [-0.2, 0) is 4.74 Å². The van der Waals surface area contributed by atoms with Crippen LogP contribution in [0.25, 0.3) is 0 Å².